The highest BCUT2D eigenvalue weighted by Gasteiger charge is 2.23. The van der Waals surface area contributed by atoms with E-state index in [0.717, 1.165) is 33.3 Å². The minimum atomic E-state index is -0.238. The van der Waals surface area contributed by atoms with Crippen LogP contribution in [0, 0.1) is 20.8 Å². The normalized spacial score (nSPS) is 10.9. The maximum atomic E-state index is 13.8. The lowest BCUT2D eigenvalue weighted by molar-refractivity contribution is 0.0984. The van der Waals surface area contributed by atoms with Crippen LogP contribution in [-0.2, 0) is 6.54 Å². The molecule has 4 rings (SSSR count). The molecule has 0 unspecified atom stereocenters. The van der Waals surface area contributed by atoms with Gasteiger partial charge in [0.15, 0.2) is 11.5 Å². The van der Waals surface area contributed by atoms with Crippen LogP contribution in [0.2, 0.25) is 0 Å². The quantitative estimate of drug-likeness (QED) is 0.426. The Morgan fingerprint density at radius 3 is 2.32 bits per heavy atom. The van der Waals surface area contributed by atoms with Crippen LogP contribution in [0.4, 0.5) is 5.69 Å². The van der Waals surface area contributed by atoms with Crippen LogP contribution in [0.1, 0.15) is 32.6 Å². The molecule has 1 amide bonds. The molecule has 1 N–H and O–H groups in total. The molecule has 0 spiro atoms. The number of benzene rings is 3. The summed E-state index contributed by atoms with van der Waals surface area (Å²) < 4.78 is 10.7. The smallest absolute Gasteiger partial charge is 0.258 e. The van der Waals surface area contributed by atoms with Crippen LogP contribution in [-0.4, -0.2) is 25.1 Å². The Labute approximate surface area is 198 Å². The summed E-state index contributed by atoms with van der Waals surface area (Å²) in [5, 5.41) is 0.925. The monoisotopic (exact) mass is 456 g/mol. The third-order valence-electron chi connectivity index (χ3n) is 6.24. The summed E-state index contributed by atoms with van der Waals surface area (Å²) in [5.74, 6) is 0.769. The zero-order valence-electron chi connectivity index (χ0n) is 20.1. The van der Waals surface area contributed by atoms with Crippen molar-refractivity contribution in [3.05, 3.63) is 98.8 Å². The fourth-order valence-corrected chi connectivity index (χ4v) is 4.14. The number of aromatic nitrogens is 1. The number of anilines is 1. The first-order chi connectivity index (χ1) is 16.3. The first-order valence-electron chi connectivity index (χ1n) is 11.1. The largest absolute Gasteiger partial charge is 0.493 e. The van der Waals surface area contributed by atoms with E-state index in [1.165, 1.54) is 7.11 Å². The maximum absolute atomic E-state index is 13.8. The van der Waals surface area contributed by atoms with Gasteiger partial charge in [0, 0.05) is 16.8 Å². The van der Waals surface area contributed by atoms with E-state index in [1.807, 2.05) is 63.2 Å². The second-order valence-electron chi connectivity index (χ2n) is 8.34. The molecule has 0 saturated heterocycles. The van der Waals surface area contributed by atoms with E-state index in [1.54, 1.807) is 30.2 Å². The third kappa shape index (κ3) is 4.27. The number of amides is 1. The molecule has 6 heteroatoms. The number of rotatable bonds is 6. The first kappa shape index (κ1) is 23.1. The average molecular weight is 457 g/mol. The highest BCUT2D eigenvalue weighted by atomic mass is 16.5. The van der Waals surface area contributed by atoms with Gasteiger partial charge in [0.2, 0.25) is 0 Å². The van der Waals surface area contributed by atoms with E-state index >= 15 is 0 Å². The number of fused-ring (bicyclic) bond motifs is 1. The molecule has 3 aromatic carbocycles. The number of hydrogen-bond acceptors (Lipinski definition) is 4. The van der Waals surface area contributed by atoms with Crippen LogP contribution in [0.5, 0.6) is 11.5 Å². The van der Waals surface area contributed by atoms with Crippen LogP contribution in [0.15, 0.2) is 65.5 Å². The Morgan fingerprint density at radius 1 is 0.882 bits per heavy atom. The number of nitrogens with one attached hydrogen (secondary N) is 1. The molecule has 6 nitrogen and oxygen atoms in total. The van der Waals surface area contributed by atoms with Crippen LogP contribution in [0.25, 0.3) is 10.9 Å². The van der Waals surface area contributed by atoms with Gasteiger partial charge in [0.05, 0.1) is 26.3 Å². The van der Waals surface area contributed by atoms with Crippen molar-refractivity contribution in [2.24, 2.45) is 0 Å². The molecule has 0 radical (unpaired) electrons. The predicted octanol–water partition coefficient (Wildman–Crippen LogP) is 5.32. The molecule has 0 aliphatic rings. The number of pyridine rings is 1. The van der Waals surface area contributed by atoms with E-state index in [0.29, 0.717) is 22.6 Å². The lowest BCUT2D eigenvalue weighted by Crippen LogP contribution is -2.33. The average Bonchev–Trinajstić information content (AvgIpc) is 2.84. The van der Waals surface area contributed by atoms with Gasteiger partial charge < -0.3 is 19.4 Å². The highest BCUT2D eigenvalue weighted by Crippen LogP contribution is 2.31. The number of hydrogen-bond donors (Lipinski definition) is 1. The van der Waals surface area contributed by atoms with Crippen molar-refractivity contribution >= 4 is 22.5 Å². The second-order valence-corrected chi connectivity index (χ2v) is 8.34. The van der Waals surface area contributed by atoms with Gasteiger partial charge >= 0.3 is 0 Å². The van der Waals surface area contributed by atoms with Crippen molar-refractivity contribution in [2.75, 3.05) is 19.1 Å². The van der Waals surface area contributed by atoms with E-state index in [-0.39, 0.29) is 18.0 Å². The third-order valence-corrected chi connectivity index (χ3v) is 6.24. The van der Waals surface area contributed by atoms with Gasteiger partial charge in [-0.2, -0.15) is 0 Å². The molecule has 0 fully saturated rings. The van der Waals surface area contributed by atoms with E-state index in [2.05, 4.69) is 4.98 Å². The number of nitrogens with zero attached hydrogens (tertiary/aromatic N) is 1. The van der Waals surface area contributed by atoms with Crippen molar-refractivity contribution in [2.45, 2.75) is 27.3 Å². The number of carbonyl (C=O) groups excluding carboxylic acids is 1. The van der Waals surface area contributed by atoms with Gasteiger partial charge in [0.1, 0.15) is 0 Å². The summed E-state index contributed by atoms with van der Waals surface area (Å²) in [5.41, 5.74) is 5.32. The minimum Gasteiger partial charge on any atom is -0.493 e. The minimum absolute atomic E-state index is 0.122. The molecule has 0 atom stereocenters. The predicted molar refractivity (Wildman–Crippen MR) is 135 cm³/mol. The zero-order valence-corrected chi connectivity index (χ0v) is 20.1. The number of H-pyrrole nitrogens is 1. The molecule has 174 valence electrons. The van der Waals surface area contributed by atoms with Gasteiger partial charge in [-0.1, -0.05) is 30.3 Å². The number of aryl methyl sites for hydroxylation is 2. The Kier molecular flexibility index (Phi) is 6.41. The van der Waals surface area contributed by atoms with Crippen molar-refractivity contribution < 1.29 is 14.3 Å². The molecule has 0 aliphatic carbocycles. The van der Waals surface area contributed by atoms with Gasteiger partial charge in [-0.3, -0.25) is 9.59 Å². The molecule has 0 aliphatic heterocycles. The molecule has 1 aromatic heterocycles. The summed E-state index contributed by atoms with van der Waals surface area (Å²) in [7, 11) is 3.08. The molecule has 4 aromatic rings. The second kappa shape index (κ2) is 9.43. The van der Waals surface area contributed by atoms with Crippen LogP contribution >= 0.6 is 0 Å². The molecular formula is C28H28N2O4. The van der Waals surface area contributed by atoms with Gasteiger partial charge in [-0.25, -0.2) is 0 Å². The van der Waals surface area contributed by atoms with Gasteiger partial charge in [0.25, 0.3) is 11.5 Å². The number of ether oxygens (including phenoxy) is 2. The summed E-state index contributed by atoms with van der Waals surface area (Å²) in [6, 6.07) is 18.6. The molecular weight excluding hydrogens is 428 g/mol. The van der Waals surface area contributed by atoms with E-state index < -0.39 is 0 Å². The summed E-state index contributed by atoms with van der Waals surface area (Å²) in [6.45, 7) is 6.06. The first-order valence-corrected chi connectivity index (χ1v) is 11.1. The Balaban J connectivity index is 1.84. The number of para-hydroxylation sites is 1. The maximum Gasteiger partial charge on any atom is 0.258 e. The van der Waals surface area contributed by atoms with Crippen molar-refractivity contribution in [3.8, 4) is 11.5 Å². The summed E-state index contributed by atoms with van der Waals surface area (Å²) >= 11 is 0. The Bertz CT molecular complexity index is 1440. The van der Waals surface area contributed by atoms with E-state index in [9.17, 15) is 9.59 Å². The zero-order chi connectivity index (χ0) is 24.4. The Morgan fingerprint density at radius 2 is 1.59 bits per heavy atom. The Hall–Kier alpha value is -4.06. The van der Waals surface area contributed by atoms with Crippen molar-refractivity contribution in [3.63, 3.8) is 0 Å². The number of methoxy groups -OCH3 is 2. The molecule has 0 saturated carbocycles. The number of carbonyl (C=O) groups is 1. The fraction of sp³-hybridized carbons (Fsp3) is 0.214. The topological polar surface area (TPSA) is 71.6 Å². The fourth-order valence-electron chi connectivity index (χ4n) is 4.14. The lowest BCUT2D eigenvalue weighted by Gasteiger charge is -2.26. The van der Waals surface area contributed by atoms with Crippen LogP contribution < -0.4 is 19.9 Å². The van der Waals surface area contributed by atoms with Crippen molar-refractivity contribution in [1.82, 2.24) is 4.98 Å². The SMILES string of the molecule is COc1ccc(C(=O)N(Cc2cc3cccc(C)c3[nH]c2=O)c2cccc(C)c2C)cc1OC. The standard InChI is InChI=1S/C28H28N2O4/c1-17-8-7-11-23(19(17)3)30(28(32)21-12-13-24(33-4)25(15-21)34-5)16-22-14-20-10-6-9-18(2)26(20)29-27(22)31/h6-15H,16H2,1-5H3,(H,29,31). The summed E-state index contributed by atoms with van der Waals surface area (Å²) in [4.78, 5) is 31.5. The lowest BCUT2D eigenvalue weighted by atomic mass is 10.0. The van der Waals surface area contributed by atoms with Gasteiger partial charge in [-0.05, 0) is 73.2 Å². The van der Waals surface area contributed by atoms with E-state index in [4.69, 9.17) is 9.47 Å². The molecule has 0 bridgehead atoms. The van der Waals surface area contributed by atoms with Crippen molar-refractivity contribution in [1.29, 1.82) is 0 Å². The highest BCUT2D eigenvalue weighted by molar-refractivity contribution is 6.07. The van der Waals surface area contributed by atoms with Crippen LogP contribution in [0.3, 0.4) is 0 Å². The summed E-state index contributed by atoms with van der Waals surface area (Å²) in [6.07, 6.45) is 0. The number of aromatic amines is 1. The molecule has 1 heterocycles. The molecule has 34 heavy (non-hydrogen) atoms. The van der Waals surface area contributed by atoms with Gasteiger partial charge in [-0.15, -0.1) is 0 Å².